The van der Waals surface area contributed by atoms with E-state index in [0.717, 1.165) is 5.56 Å². The summed E-state index contributed by atoms with van der Waals surface area (Å²) in [6.07, 6.45) is 5.53. The van der Waals surface area contributed by atoms with Crippen LogP contribution in [-0.2, 0) is 13.6 Å². The molecule has 0 fully saturated rings. The summed E-state index contributed by atoms with van der Waals surface area (Å²) in [6, 6.07) is 9.16. The van der Waals surface area contributed by atoms with E-state index in [4.69, 9.17) is 22.1 Å². The molecule has 9 heteroatoms. The highest BCUT2D eigenvalue weighted by atomic mass is 35.5. The van der Waals surface area contributed by atoms with E-state index in [9.17, 15) is 0 Å². The van der Waals surface area contributed by atoms with Gasteiger partial charge in [-0.25, -0.2) is 9.25 Å². The lowest BCUT2D eigenvalue weighted by Gasteiger charge is -2.04. The van der Waals surface area contributed by atoms with Gasteiger partial charge in [-0.2, -0.15) is 5.10 Å². The maximum Gasteiger partial charge on any atom is 0.168 e. The predicted molar refractivity (Wildman–Crippen MR) is 95.5 cm³/mol. The Labute approximate surface area is 162 Å². The Bertz CT molecular complexity index is 908. The normalized spacial score (nSPS) is 10.7. The summed E-state index contributed by atoms with van der Waals surface area (Å²) in [5.41, 5.74) is 8.24. The van der Waals surface area contributed by atoms with Crippen LogP contribution < -0.4 is 27.4 Å². The molecule has 0 atom stereocenters. The SMILES string of the molecule is COc1ccc(Cl)cc1/N=N/c1cnn(Cc2cc[n+](C)cc2)c1N.[Cl-]. The van der Waals surface area contributed by atoms with Crippen molar-refractivity contribution in [1.29, 1.82) is 0 Å². The number of aromatic nitrogens is 3. The maximum absolute atomic E-state index is 6.13. The molecule has 136 valence electrons. The fraction of sp³-hybridized carbons (Fsp3) is 0.176. The summed E-state index contributed by atoms with van der Waals surface area (Å²) in [5, 5.41) is 13.2. The number of azo groups is 1. The molecule has 3 rings (SSSR count). The number of aryl methyl sites for hydroxylation is 1. The lowest BCUT2D eigenvalue weighted by Crippen LogP contribution is -3.00. The number of anilines is 1. The number of nitrogen functional groups attached to an aromatic ring is 1. The van der Waals surface area contributed by atoms with Crippen molar-refractivity contribution in [2.45, 2.75) is 6.54 Å². The highest BCUT2D eigenvalue weighted by Crippen LogP contribution is 2.32. The molecule has 0 unspecified atom stereocenters. The number of hydrogen-bond donors (Lipinski definition) is 1. The van der Waals surface area contributed by atoms with Gasteiger partial charge in [-0.05, 0) is 23.8 Å². The second-order valence-corrected chi connectivity index (χ2v) is 5.90. The molecule has 0 spiro atoms. The van der Waals surface area contributed by atoms with E-state index in [1.165, 1.54) is 0 Å². The summed E-state index contributed by atoms with van der Waals surface area (Å²) < 4.78 is 8.89. The number of ether oxygens (including phenoxy) is 1. The Morgan fingerprint density at radius 1 is 1.19 bits per heavy atom. The zero-order valence-electron chi connectivity index (χ0n) is 14.3. The standard InChI is InChI=1S/C17H18ClN6O.ClH/c1-23-7-5-12(6-8-23)11-24-17(19)15(10-20-24)22-21-14-9-13(18)3-4-16(14)25-2;/h3-10H,11,19H2,1-2H3;1H/q+1;/p-1/b22-21+;. The molecule has 2 heterocycles. The van der Waals surface area contributed by atoms with Crippen LogP contribution in [0.1, 0.15) is 5.56 Å². The van der Waals surface area contributed by atoms with Gasteiger partial charge in [0, 0.05) is 17.2 Å². The van der Waals surface area contributed by atoms with E-state index in [0.29, 0.717) is 34.5 Å². The van der Waals surface area contributed by atoms with Crippen molar-refractivity contribution in [2.24, 2.45) is 17.3 Å². The highest BCUT2D eigenvalue weighted by Gasteiger charge is 2.09. The first-order valence-electron chi connectivity index (χ1n) is 7.57. The van der Waals surface area contributed by atoms with Gasteiger partial charge >= 0.3 is 0 Å². The van der Waals surface area contributed by atoms with Crippen LogP contribution in [0.25, 0.3) is 0 Å². The van der Waals surface area contributed by atoms with Crippen LogP contribution in [0.2, 0.25) is 5.02 Å². The molecule has 2 aromatic heterocycles. The quantitative estimate of drug-likeness (QED) is 0.504. The van der Waals surface area contributed by atoms with Crippen molar-refractivity contribution >= 4 is 28.8 Å². The molecule has 0 aliphatic carbocycles. The van der Waals surface area contributed by atoms with E-state index in [-0.39, 0.29) is 12.4 Å². The van der Waals surface area contributed by atoms with Crippen LogP contribution in [0.15, 0.2) is 59.2 Å². The van der Waals surface area contributed by atoms with Crippen LogP contribution >= 0.6 is 11.6 Å². The Hall–Kier alpha value is -2.64. The molecule has 0 saturated carbocycles. The third-order valence-electron chi connectivity index (χ3n) is 3.65. The largest absolute Gasteiger partial charge is 1.00 e. The number of pyridine rings is 1. The first-order chi connectivity index (χ1) is 12.1. The fourth-order valence-corrected chi connectivity index (χ4v) is 2.41. The zero-order chi connectivity index (χ0) is 17.8. The first kappa shape index (κ1) is 19.7. The number of nitrogens with two attached hydrogens (primary N) is 1. The molecule has 0 bridgehead atoms. The Morgan fingerprint density at radius 2 is 1.88 bits per heavy atom. The topological polar surface area (TPSA) is 81.7 Å². The molecule has 0 aliphatic heterocycles. The van der Waals surface area contributed by atoms with Gasteiger partial charge in [0.25, 0.3) is 0 Å². The number of nitrogens with zero attached hydrogens (tertiary/aromatic N) is 5. The second kappa shape index (κ2) is 8.64. The Balaban J connectivity index is 0.00000243. The minimum atomic E-state index is 0. The first-order valence-corrected chi connectivity index (χ1v) is 7.95. The summed E-state index contributed by atoms with van der Waals surface area (Å²) >= 11 is 5.99. The predicted octanol–water partition coefficient (Wildman–Crippen LogP) is 0.420. The molecule has 0 aliphatic rings. The number of rotatable bonds is 5. The highest BCUT2D eigenvalue weighted by molar-refractivity contribution is 6.30. The van der Waals surface area contributed by atoms with Crippen molar-refractivity contribution in [2.75, 3.05) is 12.8 Å². The number of methoxy groups -OCH3 is 1. The molecule has 3 aromatic rings. The Morgan fingerprint density at radius 3 is 2.58 bits per heavy atom. The lowest BCUT2D eigenvalue weighted by atomic mass is 10.3. The molecule has 0 amide bonds. The van der Waals surface area contributed by atoms with Gasteiger partial charge in [-0.3, -0.25) is 0 Å². The molecule has 2 N–H and O–H groups in total. The minimum Gasteiger partial charge on any atom is -1.00 e. The van der Waals surface area contributed by atoms with Gasteiger partial charge in [-0.1, -0.05) is 11.6 Å². The third-order valence-corrected chi connectivity index (χ3v) is 3.88. The summed E-state index contributed by atoms with van der Waals surface area (Å²) in [7, 11) is 3.53. The molecule has 7 nitrogen and oxygen atoms in total. The summed E-state index contributed by atoms with van der Waals surface area (Å²) in [4.78, 5) is 0. The van der Waals surface area contributed by atoms with Crippen LogP contribution in [0.4, 0.5) is 17.2 Å². The fourth-order valence-electron chi connectivity index (χ4n) is 2.25. The number of halogens is 2. The molecule has 0 saturated heterocycles. The lowest BCUT2D eigenvalue weighted by molar-refractivity contribution is -0.671. The van der Waals surface area contributed by atoms with Crippen molar-refractivity contribution in [3.63, 3.8) is 0 Å². The van der Waals surface area contributed by atoms with Gasteiger partial charge in [0.15, 0.2) is 12.4 Å². The molecule has 1 aromatic carbocycles. The molecule has 26 heavy (non-hydrogen) atoms. The van der Waals surface area contributed by atoms with E-state index in [2.05, 4.69) is 15.3 Å². The molecular formula is C17H18Cl2N6O. The van der Waals surface area contributed by atoms with Gasteiger partial charge in [-0.15, -0.1) is 10.2 Å². The van der Waals surface area contributed by atoms with E-state index in [1.54, 1.807) is 36.2 Å². The van der Waals surface area contributed by atoms with Crippen molar-refractivity contribution in [1.82, 2.24) is 9.78 Å². The van der Waals surface area contributed by atoms with Crippen LogP contribution in [0.5, 0.6) is 5.75 Å². The average Bonchev–Trinajstić information content (AvgIpc) is 2.95. The summed E-state index contributed by atoms with van der Waals surface area (Å²) in [5.74, 6) is 1.02. The smallest absolute Gasteiger partial charge is 0.168 e. The van der Waals surface area contributed by atoms with Gasteiger partial charge in [0.05, 0.1) is 19.9 Å². The third kappa shape index (κ3) is 4.50. The molecular weight excluding hydrogens is 375 g/mol. The van der Waals surface area contributed by atoms with Crippen LogP contribution in [-0.4, -0.2) is 16.9 Å². The van der Waals surface area contributed by atoms with Gasteiger partial charge < -0.3 is 22.9 Å². The summed E-state index contributed by atoms with van der Waals surface area (Å²) in [6.45, 7) is 0.558. The van der Waals surface area contributed by atoms with Crippen LogP contribution in [0, 0.1) is 0 Å². The van der Waals surface area contributed by atoms with Gasteiger partial charge in [0.1, 0.15) is 30.0 Å². The van der Waals surface area contributed by atoms with Crippen molar-refractivity contribution < 1.29 is 21.7 Å². The van der Waals surface area contributed by atoms with Crippen molar-refractivity contribution in [3.8, 4) is 5.75 Å². The zero-order valence-corrected chi connectivity index (χ0v) is 15.8. The average molecular weight is 393 g/mol. The number of benzene rings is 1. The molecule has 0 radical (unpaired) electrons. The van der Waals surface area contributed by atoms with E-state index >= 15 is 0 Å². The van der Waals surface area contributed by atoms with Gasteiger partial charge in [0.2, 0.25) is 0 Å². The van der Waals surface area contributed by atoms with Crippen molar-refractivity contribution in [3.05, 3.63) is 59.5 Å². The number of hydrogen-bond acceptors (Lipinski definition) is 5. The van der Waals surface area contributed by atoms with Crippen LogP contribution in [0.3, 0.4) is 0 Å². The maximum atomic E-state index is 6.13. The Kier molecular flexibility index (Phi) is 6.54. The minimum absolute atomic E-state index is 0. The monoisotopic (exact) mass is 392 g/mol. The van der Waals surface area contributed by atoms with E-state index < -0.39 is 0 Å². The second-order valence-electron chi connectivity index (χ2n) is 5.46. The van der Waals surface area contributed by atoms with E-state index in [1.807, 2.05) is 36.1 Å².